The van der Waals surface area contributed by atoms with Gasteiger partial charge >= 0.3 is 0 Å². The van der Waals surface area contributed by atoms with Crippen molar-refractivity contribution in [3.63, 3.8) is 0 Å². The van der Waals surface area contributed by atoms with Crippen LogP contribution < -0.4 is 0 Å². The molecule has 204 valence electrons. The minimum atomic E-state index is 0.362. The van der Waals surface area contributed by atoms with Crippen LogP contribution >= 0.6 is 11.6 Å². The Kier molecular flexibility index (Phi) is 7.26. The fourth-order valence-electron chi connectivity index (χ4n) is 5.09. The van der Waals surface area contributed by atoms with Crippen molar-refractivity contribution < 1.29 is 0 Å². The van der Waals surface area contributed by atoms with Crippen LogP contribution in [0.2, 0.25) is 5.15 Å². The van der Waals surface area contributed by atoms with Gasteiger partial charge in [-0.3, -0.25) is 0 Å². The Morgan fingerprint density at radius 2 is 0.767 bits per heavy atom. The zero-order chi connectivity index (χ0) is 29.0. The first-order valence-electron chi connectivity index (χ1n) is 14.0. The summed E-state index contributed by atoms with van der Waals surface area (Å²) in [4.78, 5) is 20.0. The van der Waals surface area contributed by atoms with Crippen molar-refractivity contribution in [1.29, 1.82) is 0 Å². The first kappa shape index (κ1) is 26.4. The van der Waals surface area contributed by atoms with Crippen LogP contribution in [0.25, 0.3) is 67.7 Å². The molecule has 0 aliphatic carbocycles. The van der Waals surface area contributed by atoms with Crippen LogP contribution in [0.15, 0.2) is 152 Å². The molecule has 5 aromatic carbocycles. The molecule has 0 N–H and O–H groups in total. The van der Waals surface area contributed by atoms with Crippen molar-refractivity contribution in [3.05, 3.63) is 157 Å². The van der Waals surface area contributed by atoms with E-state index in [-0.39, 0.29) is 0 Å². The zero-order valence-corrected chi connectivity index (χ0v) is 23.9. The first-order valence-corrected chi connectivity index (χ1v) is 14.4. The molecule has 43 heavy (non-hydrogen) atoms. The average Bonchev–Trinajstić information content (AvgIpc) is 3.09. The molecule has 7 rings (SSSR count). The van der Waals surface area contributed by atoms with E-state index in [0.717, 1.165) is 56.2 Å². The molecule has 0 radical (unpaired) electrons. The highest BCUT2D eigenvalue weighted by molar-refractivity contribution is 6.32. The molecule has 0 saturated heterocycles. The molecule has 0 spiro atoms. The molecule has 0 fully saturated rings. The van der Waals surface area contributed by atoms with Gasteiger partial charge in [0.05, 0.1) is 22.8 Å². The van der Waals surface area contributed by atoms with Crippen molar-refractivity contribution in [1.82, 2.24) is 19.9 Å². The summed E-state index contributed by atoms with van der Waals surface area (Å²) in [5.41, 5.74) is 9.49. The molecule has 0 unspecified atom stereocenters. The molecule has 2 aromatic heterocycles. The van der Waals surface area contributed by atoms with Gasteiger partial charge in [-0.05, 0) is 12.1 Å². The quantitative estimate of drug-likeness (QED) is 0.199. The van der Waals surface area contributed by atoms with Crippen molar-refractivity contribution in [2.45, 2.75) is 0 Å². The maximum absolute atomic E-state index is 6.76. The van der Waals surface area contributed by atoms with Crippen molar-refractivity contribution >= 4 is 11.6 Å². The number of nitrogens with zero attached hydrogens (tertiary/aromatic N) is 4. The number of rotatable bonds is 6. The Bertz CT molecular complexity index is 1960. The maximum atomic E-state index is 6.76. The predicted octanol–water partition coefficient (Wildman–Crippen LogP) is 9.92. The standard InChI is InChI=1S/C38H25ClN4/c39-37-36(28-18-9-3-10-19-28)42-35(34(43-37)27-16-7-2-8-17-27)31-23-13-22-30(24-31)33-25-32(26-14-5-1-6-15-26)40-38(41-33)29-20-11-4-12-21-29/h1-25H. The zero-order valence-electron chi connectivity index (χ0n) is 23.1. The number of hydrogen-bond donors (Lipinski definition) is 0. The lowest BCUT2D eigenvalue weighted by molar-refractivity contribution is 1.18. The van der Waals surface area contributed by atoms with E-state index in [0.29, 0.717) is 16.7 Å². The molecule has 0 bridgehead atoms. The molecule has 0 saturated carbocycles. The van der Waals surface area contributed by atoms with E-state index in [1.807, 2.05) is 121 Å². The molecule has 4 nitrogen and oxygen atoms in total. The summed E-state index contributed by atoms with van der Waals surface area (Å²) in [6, 6.07) is 50.5. The highest BCUT2D eigenvalue weighted by Gasteiger charge is 2.18. The van der Waals surface area contributed by atoms with Gasteiger partial charge in [0.1, 0.15) is 5.69 Å². The molecule has 0 aliphatic heterocycles. The summed E-state index contributed by atoms with van der Waals surface area (Å²) in [5.74, 6) is 0.671. The van der Waals surface area contributed by atoms with E-state index < -0.39 is 0 Å². The largest absolute Gasteiger partial charge is 0.242 e. The Balaban J connectivity index is 1.41. The van der Waals surface area contributed by atoms with Crippen LogP contribution in [0.5, 0.6) is 0 Å². The van der Waals surface area contributed by atoms with E-state index in [4.69, 9.17) is 31.5 Å². The topological polar surface area (TPSA) is 51.6 Å². The smallest absolute Gasteiger partial charge is 0.160 e. The Morgan fingerprint density at radius 3 is 1.37 bits per heavy atom. The summed E-state index contributed by atoms with van der Waals surface area (Å²) in [5, 5.41) is 0.362. The van der Waals surface area contributed by atoms with E-state index in [1.165, 1.54) is 0 Å². The number of aromatic nitrogens is 4. The third kappa shape index (κ3) is 5.56. The second-order valence-corrected chi connectivity index (χ2v) is 10.4. The normalized spacial score (nSPS) is 10.9. The number of benzene rings is 5. The fraction of sp³-hybridized carbons (Fsp3) is 0. The van der Waals surface area contributed by atoms with Gasteiger partial charge in [0.15, 0.2) is 11.0 Å². The Hall–Kier alpha value is -5.45. The monoisotopic (exact) mass is 572 g/mol. The second-order valence-electron chi connectivity index (χ2n) is 10.1. The van der Waals surface area contributed by atoms with Crippen molar-refractivity contribution in [2.75, 3.05) is 0 Å². The maximum Gasteiger partial charge on any atom is 0.160 e. The first-order chi connectivity index (χ1) is 21.2. The van der Waals surface area contributed by atoms with Gasteiger partial charge in [0.25, 0.3) is 0 Å². The summed E-state index contributed by atoms with van der Waals surface area (Å²) in [6.45, 7) is 0. The van der Waals surface area contributed by atoms with Gasteiger partial charge in [-0.25, -0.2) is 19.9 Å². The van der Waals surface area contributed by atoms with Crippen LogP contribution in [-0.4, -0.2) is 19.9 Å². The van der Waals surface area contributed by atoms with Crippen molar-refractivity contribution in [3.8, 4) is 67.7 Å². The van der Waals surface area contributed by atoms with E-state index in [9.17, 15) is 0 Å². The third-order valence-corrected chi connectivity index (χ3v) is 7.47. The molecule has 5 heteroatoms. The predicted molar refractivity (Wildman–Crippen MR) is 175 cm³/mol. The lowest BCUT2D eigenvalue weighted by Gasteiger charge is -2.14. The molecule has 0 atom stereocenters. The van der Waals surface area contributed by atoms with Crippen LogP contribution in [0.4, 0.5) is 0 Å². The second kappa shape index (κ2) is 11.8. The van der Waals surface area contributed by atoms with E-state index >= 15 is 0 Å². The van der Waals surface area contributed by atoms with Gasteiger partial charge in [0, 0.05) is 33.4 Å². The minimum Gasteiger partial charge on any atom is -0.242 e. The highest BCUT2D eigenvalue weighted by atomic mass is 35.5. The highest BCUT2D eigenvalue weighted by Crippen LogP contribution is 2.36. The summed E-state index contributed by atoms with van der Waals surface area (Å²) in [6.07, 6.45) is 0. The average molecular weight is 573 g/mol. The van der Waals surface area contributed by atoms with Gasteiger partial charge in [-0.2, -0.15) is 0 Å². The Labute approximate surface area is 255 Å². The minimum absolute atomic E-state index is 0.362. The van der Waals surface area contributed by atoms with Crippen LogP contribution in [0, 0.1) is 0 Å². The molecule has 2 heterocycles. The molecule has 0 amide bonds. The van der Waals surface area contributed by atoms with Gasteiger partial charge in [-0.15, -0.1) is 0 Å². The van der Waals surface area contributed by atoms with Gasteiger partial charge < -0.3 is 0 Å². The third-order valence-electron chi connectivity index (χ3n) is 7.21. The van der Waals surface area contributed by atoms with Crippen LogP contribution in [-0.2, 0) is 0 Å². The summed E-state index contributed by atoms with van der Waals surface area (Å²) < 4.78 is 0. The van der Waals surface area contributed by atoms with Gasteiger partial charge in [0.2, 0.25) is 0 Å². The molecule has 7 aromatic rings. The van der Waals surface area contributed by atoms with Crippen LogP contribution in [0.1, 0.15) is 0 Å². The SMILES string of the molecule is Clc1nc(-c2ccccc2)c(-c2cccc(-c3cc(-c4ccccc4)nc(-c4ccccc4)n3)c2)nc1-c1ccccc1. The van der Waals surface area contributed by atoms with E-state index in [2.05, 4.69) is 30.3 Å². The molecular formula is C38H25ClN4. The lowest BCUT2D eigenvalue weighted by atomic mass is 9.99. The Morgan fingerprint density at radius 1 is 0.326 bits per heavy atom. The van der Waals surface area contributed by atoms with Crippen molar-refractivity contribution in [2.24, 2.45) is 0 Å². The number of hydrogen-bond acceptors (Lipinski definition) is 4. The van der Waals surface area contributed by atoms with Gasteiger partial charge in [-0.1, -0.05) is 151 Å². The van der Waals surface area contributed by atoms with Crippen LogP contribution in [0.3, 0.4) is 0 Å². The number of halogens is 1. The molecular weight excluding hydrogens is 548 g/mol. The molecule has 0 aliphatic rings. The van der Waals surface area contributed by atoms with E-state index in [1.54, 1.807) is 0 Å². The summed E-state index contributed by atoms with van der Waals surface area (Å²) in [7, 11) is 0. The lowest BCUT2D eigenvalue weighted by Crippen LogP contribution is -1.99. The summed E-state index contributed by atoms with van der Waals surface area (Å²) >= 11 is 6.76. The fourth-order valence-corrected chi connectivity index (χ4v) is 5.32.